The summed E-state index contributed by atoms with van der Waals surface area (Å²) in [6.45, 7) is 0.629. The second-order valence-electron chi connectivity index (χ2n) is 4.74. The molecule has 1 atom stereocenters. The second-order valence-corrected chi connectivity index (χ2v) is 4.74. The molecule has 1 aliphatic carbocycles. The Balaban J connectivity index is 1.87. The van der Waals surface area contributed by atoms with E-state index in [4.69, 9.17) is 10.00 Å². The third-order valence-corrected chi connectivity index (χ3v) is 3.52. The summed E-state index contributed by atoms with van der Waals surface area (Å²) in [5, 5.41) is 8.86. The van der Waals surface area contributed by atoms with Crippen LogP contribution < -0.4 is 0 Å². The van der Waals surface area contributed by atoms with E-state index in [-0.39, 0.29) is 6.10 Å². The van der Waals surface area contributed by atoms with Gasteiger partial charge in [0.25, 0.3) is 0 Å². The summed E-state index contributed by atoms with van der Waals surface area (Å²) in [5.41, 5.74) is 1.19. The Hall–Kier alpha value is -1.33. The zero-order valence-corrected chi connectivity index (χ0v) is 10.1. The number of hydrogen-bond acceptors (Lipinski definition) is 2. The van der Waals surface area contributed by atoms with Gasteiger partial charge in [-0.25, -0.2) is 0 Å². The number of nitrogens with zero attached hydrogens (tertiary/aromatic N) is 1. The standard InChI is InChI=1S/C15H19NO/c16-11-10-15(14-8-4-5-9-14)17-12-13-6-2-1-3-7-13/h1-3,6-7,14-15H,4-5,8-10,12H2/t15-/m0/s1. The van der Waals surface area contributed by atoms with Crippen LogP contribution >= 0.6 is 0 Å². The van der Waals surface area contributed by atoms with Crippen LogP contribution in [0.5, 0.6) is 0 Å². The molecule has 0 spiro atoms. The molecule has 1 fully saturated rings. The van der Waals surface area contributed by atoms with Crippen molar-refractivity contribution >= 4 is 0 Å². The molecule has 0 aromatic heterocycles. The molecular formula is C15H19NO. The Morgan fingerprint density at radius 3 is 2.59 bits per heavy atom. The highest BCUT2D eigenvalue weighted by atomic mass is 16.5. The van der Waals surface area contributed by atoms with E-state index >= 15 is 0 Å². The van der Waals surface area contributed by atoms with Gasteiger partial charge in [-0.3, -0.25) is 0 Å². The van der Waals surface area contributed by atoms with Crippen molar-refractivity contribution in [2.24, 2.45) is 5.92 Å². The van der Waals surface area contributed by atoms with Gasteiger partial charge in [-0.1, -0.05) is 43.2 Å². The molecule has 0 N–H and O–H groups in total. The van der Waals surface area contributed by atoms with Crippen LogP contribution in [0.4, 0.5) is 0 Å². The predicted octanol–water partition coefficient (Wildman–Crippen LogP) is 3.68. The van der Waals surface area contributed by atoms with E-state index in [1.807, 2.05) is 18.2 Å². The second kappa shape index (κ2) is 6.42. The fraction of sp³-hybridized carbons (Fsp3) is 0.533. The van der Waals surface area contributed by atoms with Crippen LogP contribution in [0, 0.1) is 17.2 Å². The van der Waals surface area contributed by atoms with Crippen LogP contribution in [0.2, 0.25) is 0 Å². The highest BCUT2D eigenvalue weighted by Gasteiger charge is 2.25. The van der Waals surface area contributed by atoms with Crippen molar-refractivity contribution in [2.75, 3.05) is 0 Å². The van der Waals surface area contributed by atoms with E-state index in [1.165, 1.54) is 31.2 Å². The van der Waals surface area contributed by atoms with Crippen LogP contribution in [0.15, 0.2) is 30.3 Å². The van der Waals surface area contributed by atoms with Crippen molar-refractivity contribution in [3.8, 4) is 6.07 Å². The largest absolute Gasteiger partial charge is 0.372 e. The first-order chi connectivity index (χ1) is 8.40. The van der Waals surface area contributed by atoms with Gasteiger partial charge in [-0.2, -0.15) is 5.26 Å². The lowest BCUT2D eigenvalue weighted by atomic mass is 9.98. The van der Waals surface area contributed by atoms with Gasteiger partial charge in [-0.15, -0.1) is 0 Å². The maximum absolute atomic E-state index is 8.86. The smallest absolute Gasteiger partial charge is 0.0737 e. The number of nitriles is 1. The van der Waals surface area contributed by atoms with Gasteiger partial charge in [0.2, 0.25) is 0 Å². The van der Waals surface area contributed by atoms with E-state index in [2.05, 4.69) is 18.2 Å². The molecule has 0 amide bonds. The minimum absolute atomic E-state index is 0.128. The third kappa shape index (κ3) is 3.57. The SMILES string of the molecule is N#CC[C@H](OCc1ccccc1)C1CCCC1. The summed E-state index contributed by atoms with van der Waals surface area (Å²) in [4.78, 5) is 0. The van der Waals surface area contributed by atoms with E-state index in [0.29, 0.717) is 18.9 Å². The number of hydrogen-bond donors (Lipinski definition) is 0. The minimum Gasteiger partial charge on any atom is -0.372 e. The van der Waals surface area contributed by atoms with Gasteiger partial charge < -0.3 is 4.74 Å². The summed E-state index contributed by atoms with van der Waals surface area (Å²) in [7, 11) is 0. The summed E-state index contributed by atoms with van der Waals surface area (Å²) >= 11 is 0. The van der Waals surface area contributed by atoms with Gasteiger partial charge in [0.1, 0.15) is 0 Å². The van der Waals surface area contributed by atoms with Crippen molar-refractivity contribution < 1.29 is 4.74 Å². The topological polar surface area (TPSA) is 33.0 Å². The predicted molar refractivity (Wildman–Crippen MR) is 67.2 cm³/mol. The fourth-order valence-corrected chi connectivity index (χ4v) is 2.56. The summed E-state index contributed by atoms with van der Waals surface area (Å²) in [6.07, 6.45) is 5.69. The van der Waals surface area contributed by atoms with Crippen molar-refractivity contribution in [2.45, 2.75) is 44.8 Å². The molecule has 17 heavy (non-hydrogen) atoms. The zero-order valence-electron chi connectivity index (χ0n) is 10.1. The van der Waals surface area contributed by atoms with E-state index in [9.17, 15) is 0 Å². The molecule has 2 rings (SSSR count). The first-order valence-electron chi connectivity index (χ1n) is 6.42. The maximum Gasteiger partial charge on any atom is 0.0737 e. The Bertz CT molecular complexity index is 362. The zero-order chi connectivity index (χ0) is 11.9. The quantitative estimate of drug-likeness (QED) is 0.771. The molecule has 0 heterocycles. The van der Waals surface area contributed by atoms with Crippen LogP contribution in [0.1, 0.15) is 37.7 Å². The fourth-order valence-electron chi connectivity index (χ4n) is 2.56. The Morgan fingerprint density at radius 2 is 1.94 bits per heavy atom. The molecule has 1 saturated carbocycles. The molecule has 1 aromatic rings. The molecule has 0 aliphatic heterocycles. The Labute approximate surface area is 103 Å². The highest BCUT2D eigenvalue weighted by Crippen LogP contribution is 2.31. The lowest BCUT2D eigenvalue weighted by Crippen LogP contribution is -2.21. The molecule has 1 aromatic carbocycles. The van der Waals surface area contributed by atoms with Crippen molar-refractivity contribution in [1.82, 2.24) is 0 Å². The van der Waals surface area contributed by atoms with E-state index < -0.39 is 0 Å². The minimum atomic E-state index is 0.128. The van der Waals surface area contributed by atoms with Crippen molar-refractivity contribution in [1.29, 1.82) is 5.26 Å². The molecule has 0 bridgehead atoms. The molecule has 90 valence electrons. The molecule has 0 unspecified atom stereocenters. The van der Waals surface area contributed by atoms with Crippen LogP contribution in [-0.4, -0.2) is 6.10 Å². The lowest BCUT2D eigenvalue weighted by molar-refractivity contribution is 0.00569. The van der Waals surface area contributed by atoms with Crippen molar-refractivity contribution in [3.63, 3.8) is 0 Å². The lowest BCUT2D eigenvalue weighted by Gasteiger charge is -2.21. The summed E-state index contributed by atoms with van der Waals surface area (Å²) in [5.74, 6) is 0.596. The third-order valence-electron chi connectivity index (χ3n) is 3.52. The van der Waals surface area contributed by atoms with E-state index in [0.717, 1.165) is 0 Å². The van der Waals surface area contributed by atoms with Gasteiger partial charge in [0.15, 0.2) is 0 Å². The van der Waals surface area contributed by atoms with Gasteiger partial charge in [-0.05, 0) is 24.3 Å². The summed E-state index contributed by atoms with van der Waals surface area (Å²) < 4.78 is 5.93. The number of rotatable bonds is 5. The first-order valence-corrected chi connectivity index (χ1v) is 6.42. The van der Waals surface area contributed by atoms with Gasteiger partial charge in [0, 0.05) is 0 Å². The summed E-state index contributed by atoms with van der Waals surface area (Å²) in [6, 6.07) is 12.4. The van der Waals surface area contributed by atoms with E-state index in [1.54, 1.807) is 0 Å². The monoisotopic (exact) mass is 229 g/mol. The Morgan fingerprint density at radius 1 is 1.24 bits per heavy atom. The molecular weight excluding hydrogens is 210 g/mol. The van der Waals surface area contributed by atoms with Crippen LogP contribution in [0.3, 0.4) is 0 Å². The average Bonchev–Trinajstić information content (AvgIpc) is 2.89. The molecule has 1 aliphatic rings. The normalized spacial score (nSPS) is 17.8. The first kappa shape index (κ1) is 12.1. The van der Waals surface area contributed by atoms with Gasteiger partial charge in [0.05, 0.1) is 25.2 Å². The Kier molecular flexibility index (Phi) is 4.58. The molecule has 2 heteroatoms. The van der Waals surface area contributed by atoms with Crippen LogP contribution in [0.25, 0.3) is 0 Å². The molecule has 2 nitrogen and oxygen atoms in total. The van der Waals surface area contributed by atoms with Gasteiger partial charge >= 0.3 is 0 Å². The molecule has 0 saturated heterocycles. The van der Waals surface area contributed by atoms with Crippen molar-refractivity contribution in [3.05, 3.63) is 35.9 Å². The molecule has 0 radical (unpaired) electrons. The average molecular weight is 229 g/mol. The number of ether oxygens (including phenoxy) is 1. The highest BCUT2D eigenvalue weighted by molar-refractivity contribution is 5.13. The maximum atomic E-state index is 8.86. The number of benzene rings is 1. The van der Waals surface area contributed by atoms with Crippen LogP contribution in [-0.2, 0) is 11.3 Å².